The second-order valence-corrected chi connectivity index (χ2v) is 1.99. The summed E-state index contributed by atoms with van der Waals surface area (Å²) in [5.41, 5.74) is 0. The van der Waals surface area contributed by atoms with Gasteiger partial charge in [0.2, 0.25) is 5.91 Å². The first-order valence-corrected chi connectivity index (χ1v) is 2.39. The van der Waals surface area contributed by atoms with Gasteiger partial charge in [0.25, 0.3) is 0 Å². The maximum absolute atomic E-state index is 10.3. The van der Waals surface area contributed by atoms with Crippen molar-refractivity contribution in [3.63, 3.8) is 0 Å². The molecule has 40 valence electrons. The summed E-state index contributed by atoms with van der Waals surface area (Å²) >= 11 is 3.90. The normalized spacial score (nSPS) is 22.7. The van der Waals surface area contributed by atoms with Crippen molar-refractivity contribution < 1.29 is 4.79 Å². The molecule has 4 heteroatoms. The lowest BCUT2D eigenvalue weighted by atomic mass is 10.7. The van der Waals surface area contributed by atoms with Crippen molar-refractivity contribution in [3.05, 3.63) is 0 Å². The molecule has 0 aliphatic carbocycles. The molecular formula is C3H6N2OS. The van der Waals surface area contributed by atoms with Gasteiger partial charge in [0, 0.05) is 0 Å². The summed E-state index contributed by atoms with van der Waals surface area (Å²) in [6.07, 6.45) is 0. The first kappa shape index (κ1) is 4.93. The van der Waals surface area contributed by atoms with Crippen molar-refractivity contribution >= 4 is 18.7 Å². The molecule has 0 aromatic rings. The fourth-order valence-electron chi connectivity index (χ4n) is 0.457. The number of thiol groups is 1. The molecule has 1 saturated heterocycles. The Bertz CT molecular complexity index is 94.9. The molecule has 0 bridgehead atoms. The van der Waals surface area contributed by atoms with Crippen LogP contribution in [0, 0.1) is 0 Å². The molecule has 0 aromatic carbocycles. The Morgan fingerprint density at radius 2 is 2.57 bits per heavy atom. The molecule has 0 radical (unpaired) electrons. The van der Waals surface area contributed by atoms with Gasteiger partial charge in [-0.3, -0.25) is 4.79 Å². The number of nitrogens with zero attached hydrogens (tertiary/aromatic N) is 1. The van der Waals surface area contributed by atoms with Gasteiger partial charge in [-0.2, -0.15) is 0 Å². The second-order valence-electron chi connectivity index (χ2n) is 1.42. The van der Waals surface area contributed by atoms with Gasteiger partial charge in [0.1, 0.15) is 0 Å². The van der Waals surface area contributed by atoms with E-state index in [0.717, 1.165) is 0 Å². The molecule has 0 saturated carbocycles. The summed E-state index contributed by atoms with van der Waals surface area (Å²) in [6.45, 7) is 0.991. The molecule has 1 amide bonds. The van der Waals surface area contributed by atoms with E-state index in [1.165, 1.54) is 0 Å². The summed E-state index contributed by atoms with van der Waals surface area (Å²) < 4.78 is 1.61. The lowest BCUT2D eigenvalue weighted by Crippen LogP contribution is -2.14. The zero-order valence-electron chi connectivity index (χ0n) is 3.72. The summed E-state index contributed by atoms with van der Waals surface area (Å²) in [6, 6.07) is 0. The molecule has 0 atom stereocenters. The zero-order chi connectivity index (χ0) is 5.28. The predicted octanol–water partition coefficient (Wildman–Crippen LogP) is -0.780. The number of hydrogen-bond acceptors (Lipinski definition) is 3. The van der Waals surface area contributed by atoms with E-state index in [-0.39, 0.29) is 5.91 Å². The van der Waals surface area contributed by atoms with Crippen LogP contribution in [0.5, 0.6) is 0 Å². The van der Waals surface area contributed by atoms with Gasteiger partial charge in [-0.15, -0.1) is 0 Å². The molecule has 7 heavy (non-hydrogen) atoms. The van der Waals surface area contributed by atoms with Crippen LogP contribution < -0.4 is 5.32 Å². The van der Waals surface area contributed by atoms with Crippen molar-refractivity contribution in [1.82, 2.24) is 9.62 Å². The van der Waals surface area contributed by atoms with Gasteiger partial charge in [0.05, 0.1) is 13.2 Å². The standard InChI is InChI=1S/C3H6N2OS/c6-3-1-5(7)2-4-3/h7H,1-2H2,(H,4,6). The smallest absolute Gasteiger partial charge is 0.236 e. The average molecular weight is 118 g/mol. The van der Waals surface area contributed by atoms with E-state index in [2.05, 4.69) is 18.1 Å². The molecule has 1 N–H and O–H groups in total. The van der Waals surface area contributed by atoms with Crippen LogP contribution in [-0.2, 0) is 4.79 Å². The van der Waals surface area contributed by atoms with Gasteiger partial charge < -0.3 is 5.32 Å². The predicted molar refractivity (Wildman–Crippen MR) is 28.7 cm³/mol. The highest BCUT2D eigenvalue weighted by molar-refractivity contribution is 7.77. The highest BCUT2D eigenvalue weighted by Gasteiger charge is 2.13. The van der Waals surface area contributed by atoms with Crippen LogP contribution in [0.4, 0.5) is 0 Å². The quantitative estimate of drug-likeness (QED) is 0.409. The van der Waals surface area contributed by atoms with E-state index in [9.17, 15) is 4.79 Å². The topological polar surface area (TPSA) is 32.3 Å². The van der Waals surface area contributed by atoms with E-state index in [0.29, 0.717) is 13.2 Å². The summed E-state index contributed by atoms with van der Waals surface area (Å²) in [5.74, 6) is 0.0509. The van der Waals surface area contributed by atoms with Gasteiger partial charge in [-0.25, -0.2) is 4.31 Å². The SMILES string of the molecule is O=C1CN(S)CN1. The molecule has 1 fully saturated rings. The number of nitrogens with one attached hydrogen (secondary N) is 1. The van der Waals surface area contributed by atoms with Crippen LogP contribution in [0.25, 0.3) is 0 Å². The maximum Gasteiger partial charge on any atom is 0.236 e. The van der Waals surface area contributed by atoms with E-state index in [4.69, 9.17) is 0 Å². The van der Waals surface area contributed by atoms with Crippen molar-refractivity contribution in [2.45, 2.75) is 0 Å². The maximum atomic E-state index is 10.3. The minimum absolute atomic E-state index is 0.0509. The summed E-state index contributed by atoms with van der Waals surface area (Å²) in [7, 11) is 0. The largest absolute Gasteiger partial charge is 0.341 e. The fourth-order valence-corrected chi connectivity index (χ4v) is 0.656. The van der Waals surface area contributed by atoms with Crippen LogP contribution in [0.1, 0.15) is 0 Å². The van der Waals surface area contributed by atoms with Gasteiger partial charge in [-0.1, -0.05) is 12.8 Å². The minimum atomic E-state index is 0.0509. The molecule has 1 aliphatic heterocycles. The highest BCUT2D eigenvalue weighted by atomic mass is 32.1. The highest BCUT2D eigenvalue weighted by Crippen LogP contribution is 1.94. The molecule has 1 heterocycles. The van der Waals surface area contributed by atoms with E-state index in [1.54, 1.807) is 4.31 Å². The number of carbonyl (C=O) groups is 1. The Kier molecular flexibility index (Phi) is 1.21. The van der Waals surface area contributed by atoms with Crippen LogP contribution in [0.3, 0.4) is 0 Å². The lowest BCUT2D eigenvalue weighted by molar-refractivity contribution is -0.118. The van der Waals surface area contributed by atoms with E-state index in [1.807, 2.05) is 0 Å². The number of carbonyl (C=O) groups excluding carboxylic acids is 1. The Morgan fingerprint density at radius 3 is 2.71 bits per heavy atom. The Labute approximate surface area is 47.2 Å². The molecular weight excluding hydrogens is 112 g/mol. The summed E-state index contributed by atoms with van der Waals surface area (Å²) in [4.78, 5) is 10.3. The van der Waals surface area contributed by atoms with Crippen LogP contribution in [-0.4, -0.2) is 23.4 Å². The number of rotatable bonds is 0. The molecule has 1 rings (SSSR count). The molecule has 0 aromatic heterocycles. The Hall–Kier alpha value is -0.220. The lowest BCUT2D eigenvalue weighted by Gasteiger charge is -1.96. The van der Waals surface area contributed by atoms with Crippen molar-refractivity contribution in [1.29, 1.82) is 0 Å². The fraction of sp³-hybridized carbons (Fsp3) is 0.667. The molecule has 1 aliphatic rings. The minimum Gasteiger partial charge on any atom is -0.341 e. The van der Waals surface area contributed by atoms with E-state index < -0.39 is 0 Å². The van der Waals surface area contributed by atoms with Gasteiger partial charge in [-0.05, 0) is 0 Å². The first-order valence-electron chi connectivity index (χ1n) is 1.99. The van der Waals surface area contributed by atoms with Crippen molar-refractivity contribution in [2.75, 3.05) is 13.2 Å². The summed E-state index contributed by atoms with van der Waals surface area (Å²) in [5, 5.41) is 2.58. The van der Waals surface area contributed by atoms with Gasteiger partial charge >= 0.3 is 0 Å². The second kappa shape index (κ2) is 1.71. The first-order chi connectivity index (χ1) is 3.29. The molecule has 0 unspecified atom stereocenters. The third-order valence-electron chi connectivity index (χ3n) is 0.785. The van der Waals surface area contributed by atoms with E-state index >= 15 is 0 Å². The van der Waals surface area contributed by atoms with Gasteiger partial charge in [0.15, 0.2) is 0 Å². The zero-order valence-corrected chi connectivity index (χ0v) is 4.61. The number of hydrogen-bond donors (Lipinski definition) is 2. The Morgan fingerprint density at radius 1 is 1.86 bits per heavy atom. The third kappa shape index (κ3) is 1.07. The van der Waals surface area contributed by atoms with Crippen molar-refractivity contribution in [3.8, 4) is 0 Å². The molecule has 0 spiro atoms. The van der Waals surface area contributed by atoms with Crippen LogP contribution >= 0.6 is 12.8 Å². The molecule has 3 nitrogen and oxygen atoms in total. The van der Waals surface area contributed by atoms with Crippen LogP contribution in [0.2, 0.25) is 0 Å². The number of amides is 1. The monoisotopic (exact) mass is 118 g/mol. The average Bonchev–Trinajstić information content (AvgIpc) is 1.87. The van der Waals surface area contributed by atoms with Crippen molar-refractivity contribution in [2.24, 2.45) is 0 Å². The third-order valence-corrected chi connectivity index (χ3v) is 1.07. The van der Waals surface area contributed by atoms with Crippen LogP contribution in [0.15, 0.2) is 0 Å². The Balaban J connectivity index is 2.40.